The summed E-state index contributed by atoms with van der Waals surface area (Å²) in [5.41, 5.74) is 5.18. The molecule has 132 valence electrons. The fraction of sp³-hybridized carbons (Fsp3) is 0.409. The first kappa shape index (κ1) is 17.5. The molecule has 1 N–H and O–H groups in total. The molecular formula is C22H27NO2. The predicted molar refractivity (Wildman–Crippen MR) is 101 cm³/mol. The second kappa shape index (κ2) is 7.73. The number of ether oxygens (including phenoxy) is 1. The Morgan fingerprint density at radius 2 is 1.96 bits per heavy atom. The van der Waals surface area contributed by atoms with Crippen molar-refractivity contribution in [3.8, 4) is 5.75 Å². The van der Waals surface area contributed by atoms with Gasteiger partial charge in [-0.1, -0.05) is 37.3 Å². The van der Waals surface area contributed by atoms with Crippen LogP contribution < -0.4 is 10.1 Å². The average molecular weight is 337 g/mol. The van der Waals surface area contributed by atoms with E-state index in [2.05, 4.69) is 23.5 Å². The molecule has 2 aromatic carbocycles. The van der Waals surface area contributed by atoms with Gasteiger partial charge in [0.1, 0.15) is 5.75 Å². The van der Waals surface area contributed by atoms with Crippen molar-refractivity contribution < 1.29 is 9.53 Å². The Bertz CT molecular complexity index is 753. The zero-order valence-electron chi connectivity index (χ0n) is 15.3. The number of rotatable bonds is 6. The lowest BCUT2D eigenvalue weighted by atomic mass is 10.0. The maximum absolute atomic E-state index is 12.6. The lowest BCUT2D eigenvalue weighted by molar-refractivity contribution is -0.128. The molecular weight excluding hydrogens is 310 g/mol. The molecule has 0 aliphatic heterocycles. The van der Waals surface area contributed by atoms with Crippen LogP contribution in [0.5, 0.6) is 5.75 Å². The molecule has 3 heteroatoms. The fourth-order valence-electron chi connectivity index (χ4n) is 3.43. The average Bonchev–Trinajstić information content (AvgIpc) is 3.07. The Labute approximate surface area is 150 Å². The number of fused-ring (bicyclic) bond motifs is 1. The van der Waals surface area contributed by atoms with Crippen molar-refractivity contribution in [3.05, 3.63) is 64.7 Å². The Balaban J connectivity index is 1.65. The molecule has 0 saturated carbocycles. The highest BCUT2D eigenvalue weighted by Gasteiger charge is 2.21. The van der Waals surface area contributed by atoms with Gasteiger partial charge in [0.2, 0.25) is 0 Å². The van der Waals surface area contributed by atoms with Gasteiger partial charge in [0, 0.05) is 0 Å². The Hall–Kier alpha value is -2.29. The predicted octanol–water partition coefficient (Wildman–Crippen LogP) is 4.52. The summed E-state index contributed by atoms with van der Waals surface area (Å²) < 4.78 is 5.90. The van der Waals surface area contributed by atoms with Crippen molar-refractivity contribution in [1.82, 2.24) is 5.32 Å². The Morgan fingerprint density at radius 3 is 2.72 bits per heavy atom. The highest BCUT2D eigenvalue weighted by atomic mass is 16.5. The van der Waals surface area contributed by atoms with Crippen LogP contribution in [0.3, 0.4) is 0 Å². The van der Waals surface area contributed by atoms with E-state index in [1.165, 1.54) is 29.5 Å². The number of nitrogens with one attached hydrogen (secondary N) is 1. The third-order valence-electron chi connectivity index (χ3n) is 4.91. The van der Waals surface area contributed by atoms with Gasteiger partial charge in [-0.15, -0.1) is 0 Å². The third kappa shape index (κ3) is 4.22. The summed E-state index contributed by atoms with van der Waals surface area (Å²) in [7, 11) is 0. The standard InChI is InChI=1S/C22H27NO2/c1-4-21(25-20-10-5-7-15(2)13-20)22(24)23-16(3)18-12-11-17-8-6-9-19(17)14-18/h5,7,10-14,16,21H,4,6,8-9H2,1-3H3,(H,23,24)/t16-,21-/m1/s1. The van der Waals surface area contributed by atoms with Crippen molar-refractivity contribution in [3.63, 3.8) is 0 Å². The van der Waals surface area contributed by atoms with Crippen molar-refractivity contribution in [2.75, 3.05) is 0 Å². The van der Waals surface area contributed by atoms with E-state index in [1.807, 2.05) is 45.0 Å². The quantitative estimate of drug-likeness (QED) is 0.842. The number of aryl methyl sites for hydroxylation is 3. The van der Waals surface area contributed by atoms with E-state index in [9.17, 15) is 4.79 Å². The van der Waals surface area contributed by atoms with Gasteiger partial charge in [-0.3, -0.25) is 4.79 Å². The molecule has 0 aromatic heterocycles. The SMILES string of the molecule is CC[C@@H](Oc1cccc(C)c1)C(=O)N[C@H](C)c1ccc2c(c1)CCC2. The number of amides is 1. The zero-order valence-corrected chi connectivity index (χ0v) is 15.3. The first-order valence-electron chi connectivity index (χ1n) is 9.22. The second-order valence-corrected chi connectivity index (χ2v) is 6.94. The van der Waals surface area contributed by atoms with Crippen molar-refractivity contribution in [1.29, 1.82) is 0 Å². The van der Waals surface area contributed by atoms with E-state index < -0.39 is 6.10 Å². The normalized spacial score (nSPS) is 15.3. The van der Waals surface area contributed by atoms with E-state index >= 15 is 0 Å². The lowest BCUT2D eigenvalue weighted by Crippen LogP contribution is -2.39. The molecule has 2 aromatic rings. The molecule has 0 spiro atoms. The monoisotopic (exact) mass is 337 g/mol. The molecule has 0 heterocycles. The molecule has 0 radical (unpaired) electrons. The van der Waals surface area contributed by atoms with Crippen LogP contribution in [-0.4, -0.2) is 12.0 Å². The van der Waals surface area contributed by atoms with Gasteiger partial charge in [-0.05, 0) is 73.9 Å². The maximum atomic E-state index is 12.6. The minimum Gasteiger partial charge on any atom is -0.481 e. The molecule has 3 rings (SSSR count). The molecule has 0 unspecified atom stereocenters. The van der Waals surface area contributed by atoms with Crippen LogP contribution in [-0.2, 0) is 17.6 Å². The van der Waals surface area contributed by atoms with Gasteiger partial charge >= 0.3 is 0 Å². The van der Waals surface area contributed by atoms with Crippen molar-refractivity contribution in [2.45, 2.75) is 58.6 Å². The molecule has 25 heavy (non-hydrogen) atoms. The molecule has 0 fully saturated rings. The number of carbonyl (C=O) groups is 1. The first-order chi connectivity index (χ1) is 12.1. The molecule has 3 nitrogen and oxygen atoms in total. The van der Waals surface area contributed by atoms with E-state index in [1.54, 1.807) is 0 Å². The number of benzene rings is 2. The minimum atomic E-state index is -0.473. The van der Waals surface area contributed by atoms with Crippen LogP contribution in [0.4, 0.5) is 0 Å². The molecule has 1 amide bonds. The fourth-order valence-corrected chi connectivity index (χ4v) is 3.43. The smallest absolute Gasteiger partial charge is 0.261 e. The van der Waals surface area contributed by atoms with Crippen LogP contribution >= 0.6 is 0 Å². The number of hydrogen-bond acceptors (Lipinski definition) is 2. The Kier molecular flexibility index (Phi) is 5.42. The van der Waals surface area contributed by atoms with Crippen LogP contribution in [0.2, 0.25) is 0 Å². The van der Waals surface area contributed by atoms with Crippen molar-refractivity contribution >= 4 is 5.91 Å². The van der Waals surface area contributed by atoms with Gasteiger partial charge in [0.25, 0.3) is 5.91 Å². The summed E-state index contributed by atoms with van der Waals surface area (Å²) in [5.74, 6) is 0.684. The van der Waals surface area contributed by atoms with Crippen molar-refractivity contribution in [2.24, 2.45) is 0 Å². The van der Waals surface area contributed by atoms with Crippen LogP contribution in [0.25, 0.3) is 0 Å². The molecule has 0 bridgehead atoms. The van der Waals surface area contributed by atoms with Gasteiger partial charge in [0.15, 0.2) is 6.10 Å². The van der Waals surface area contributed by atoms with E-state index in [0.717, 1.165) is 17.7 Å². The maximum Gasteiger partial charge on any atom is 0.261 e. The minimum absolute atomic E-state index is 0.0199. The third-order valence-corrected chi connectivity index (χ3v) is 4.91. The number of carbonyl (C=O) groups excluding carboxylic acids is 1. The van der Waals surface area contributed by atoms with Crippen LogP contribution in [0.15, 0.2) is 42.5 Å². The summed E-state index contributed by atoms with van der Waals surface area (Å²) in [5, 5.41) is 3.11. The molecule has 2 atom stereocenters. The largest absolute Gasteiger partial charge is 0.481 e. The van der Waals surface area contributed by atoms with Gasteiger partial charge in [-0.25, -0.2) is 0 Å². The van der Waals surface area contributed by atoms with Gasteiger partial charge in [0.05, 0.1) is 6.04 Å². The zero-order chi connectivity index (χ0) is 17.8. The van der Waals surface area contributed by atoms with Gasteiger partial charge in [-0.2, -0.15) is 0 Å². The van der Waals surface area contributed by atoms with E-state index in [-0.39, 0.29) is 11.9 Å². The summed E-state index contributed by atoms with van der Waals surface area (Å²) in [6, 6.07) is 14.4. The van der Waals surface area contributed by atoms with Crippen LogP contribution in [0.1, 0.15) is 55.0 Å². The molecule has 0 saturated heterocycles. The van der Waals surface area contributed by atoms with Gasteiger partial charge < -0.3 is 10.1 Å². The summed E-state index contributed by atoms with van der Waals surface area (Å²) in [6.45, 7) is 6.03. The highest BCUT2D eigenvalue weighted by molar-refractivity contribution is 5.81. The second-order valence-electron chi connectivity index (χ2n) is 6.94. The molecule has 1 aliphatic rings. The molecule has 1 aliphatic carbocycles. The number of hydrogen-bond donors (Lipinski definition) is 1. The van der Waals surface area contributed by atoms with E-state index in [4.69, 9.17) is 4.74 Å². The summed E-state index contributed by atoms with van der Waals surface area (Å²) >= 11 is 0. The van der Waals surface area contributed by atoms with Crippen LogP contribution in [0, 0.1) is 6.92 Å². The summed E-state index contributed by atoms with van der Waals surface area (Å²) in [6.07, 6.45) is 3.73. The topological polar surface area (TPSA) is 38.3 Å². The summed E-state index contributed by atoms with van der Waals surface area (Å²) in [4.78, 5) is 12.6. The van der Waals surface area contributed by atoms with E-state index in [0.29, 0.717) is 6.42 Å². The first-order valence-corrected chi connectivity index (χ1v) is 9.22. The Morgan fingerprint density at radius 1 is 1.16 bits per heavy atom. The highest BCUT2D eigenvalue weighted by Crippen LogP contribution is 2.25. The lowest BCUT2D eigenvalue weighted by Gasteiger charge is -2.21.